The van der Waals surface area contributed by atoms with Crippen molar-refractivity contribution < 1.29 is 102 Å². The molecule has 1 aromatic heterocycles. The molecule has 1 aliphatic rings. The van der Waals surface area contributed by atoms with E-state index in [-0.39, 0.29) is 5.78 Å². The zero-order valence-corrected chi connectivity index (χ0v) is 35.1. The smallest absolute Gasteiger partial charge is 0.227 e. The molecule has 24 heteroatoms. The van der Waals surface area contributed by atoms with Gasteiger partial charge in [-0.1, -0.05) is 18.6 Å². The van der Waals surface area contributed by atoms with Crippen molar-refractivity contribution in [2.45, 2.75) is 44.8 Å². The van der Waals surface area contributed by atoms with Crippen molar-refractivity contribution in [1.29, 1.82) is 0 Å². The van der Waals surface area contributed by atoms with E-state index >= 15 is 35.1 Å². The highest BCUT2D eigenvalue weighted by Crippen LogP contribution is 2.31. The lowest BCUT2D eigenvalue weighted by molar-refractivity contribution is -0.657. The number of fused-ring (bicyclic) bond motifs is 1. The van der Waals surface area contributed by atoms with Crippen LogP contribution in [-0.4, -0.2) is 18.0 Å². The molecule has 3 nitrogen and oxygen atoms in total. The van der Waals surface area contributed by atoms with Crippen molar-refractivity contribution >= 4 is 44.7 Å². The van der Waals surface area contributed by atoms with Crippen molar-refractivity contribution in [2.75, 3.05) is 0 Å². The molecule has 372 valence electrons. The maximum absolute atomic E-state index is 15.4. The molecule has 0 unspecified atom stereocenters. The molecule has 0 spiro atoms. The number of nitrogens with zero attached hydrogens (tertiary/aromatic N) is 1. The fourth-order valence-corrected chi connectivity index (χ4v) is 8.57. The second-order valence-corrected chi connectivity index (χ2v) is 15.8. The van der Waals surface area contributed by atoms with E-state index in [9.17, 15) is 57.5 Å². The maximum Gasteiger partial charge on any atom is 0.227 e. The molecule has 0 N–H and O–H groups in total. The number of Topliss-reactive ketones (excluding diaryl/α,β-unsaturated/α-hetero) is 1. The number of rotatable bonds is 9. The summed E-state index contributed by atoms with van der Waals surface area (Å²) in [7, 11) is 0. The predicted octanol–water partition coefficient (Wildman–Crippen LogP) is 10.6. The van der Waals surface area contributed by atoms with Crippen molar-refractivity contribution in [2.24, 2.45) is 0 Å². The summed E-state index contributed by atoms with van der Waals surface area (Å²) in [6.45, 7) is 0.337. The maximum atomic E-state index is 15.4. The minimum Gasteiger partial charge on any atom is -0.490 e. The van der Waals surface area contributed by atoms with Gasteiger partial charge in [0.1, 0.15) is 58.4 Å². The number of ether oxygens (including phenoxy) is 1. The Hall–Kier alpha value is -7.14. The zero-order valence-electron chi connectivity index (χ0n) is 35.1. The molecule has 1 saturated carbocycles. The van der Waals surface area contributed by atoms with Crippen LogP contribution in [0.5, 0.6) is 5.75 Å². The highest BCUT2D eigenvalue weighted by molar-refractivity contribution is 7.20. The van der Waals surface area contributed by atoms with Gasteiger partial charge in [-0.3, -0.25) is 4.79 Å². The van der Waals surface area contributed by atoms with E-state index in [4.69, 9.17) is 4.74 Å². The van der Waals surface area contributed by atoms with E-state index in [1.54, 1.807) is 0 Å². The summed E-state index contributed by atoms with van der Waals surface area (Å²) in [6.07, 6.45) is 1.17. The number of aromatic nitrogens is 1. The Kier molecular flexibility index (Phi) is 14.5. The van der Waals surface area contributed by atoms with Crippen LogP contribution in [0.25, 0.3) is 10.9 Å². The average Bonchev–Trinajstić information content (AvgIpc) is 3.37. The quantitative estimate of drug-likeness (QED) is 0.0360. The first-order valence-electron chi connectivity index (χ1n) is 20.4. The van der Waals surface area contributed by atoms with E-state index < -0.39 is 144 Å². The second-order valence-electron chi connectivity index (χ2n) is 15.8. The van der Waals surface area contributed by atoms with Gasteiger partial charge in [0.25, 0.3) is 0 Å². The van der Waals surface area contributed by atoms with Gasteiger partial charge in [0.2, 0.25) is 17.8 Å². The van der Waals surface area contributed by atoms with Gasteiger partial charge in [0.15, 0.2) is 76.0 Å². The van der Waals surface area contributed by atoms with E-state index in [0.29, 0.717) is 12.6 Å². The van der Waals surface area contributed by atoms with E-state index in [1.165, 1.54) is 19.3 Å². The van der Waals surface area contributed by atoms with Crippen molar-refractivity contribution in [3.8, 4) is 5.75 Å². The average molecular weight is 1030 g/mol. The van der Waals surface area contributed by atoms with Crippen LogP contribution in [0.2, 0.25) is 0 Å². The summed E-state index contributed by atoms with van der Waals surface area (Å²) in [6, 6.07) is 19.8. The molecule has 1 heterocycles. The molecule has 0 saturated heterocycles. The number of pyridine rings is 1. The second kappa shape index (κ2) is 19.9. The normalized spacial score (nSPS) is 13.1. The van der Waals surface area contributed by atoms with Crippen LogP contribution in [0.15, 0.2) is 66.9 Å². The van der Waals surface area contributed by atoms with Crippen molar-refractivity contribution in [1.82, 2.24) is 0 Å². The largest absolute Gasteiger partial charge is 0.490 e. The molecular formula is C47H24BF20NO2. The summed E-state index contributed by atoms with van der Waals surface area (Å²) in [5, 5.41) is 1.14. The number of halogens is 20. The van der Waals surface area contributed by atoms with Gasteiger partial charge in [0.05, 0.1) is 6.10 Å². The molecule has 8 rings (SSSR count). The fourth-order valence-electron chi connectivity index (χ4n) is 8.57. The summed E-state index contributed by atoms with van der Waals surface area (Å²) < 4.78 is 302. The molecule has 6 aromatic carbocycles. The first kappa shape index (κ1) is 51.7. The van der Waals surface area contributed by atoms with Gasteiger partial charge in [-0.15, -0.1) is 21.9 Å². The topological polar surface area (TPSA) is 30.2 Å². The van der Waals surface area contributed by atoms with Crippen LogP contribution < -0.4 is 31.2 Å². The first-order chi connectivity index (χ1) is 33.5. The number of ketones is 1. The molecule has 1 aliphatic carbocycles. The SMILES string of the molecule is Fc1c(F)c(F)c([B-](c2c(F)c(F)c(F)c(F)c2F)(c2c(F)c(F)c(F)c(F)c2F)c2c(F)c(F)c(F)c(F)c2F)c(F)c1F.O=C(C[n+]1cccc2ccccc21)c1ccc(OC2CCCCC2)cc1. The molecule has 71 heavy (non-hydrogen) atoms. The van der Waals surface area contributed by atoms with Crippen LogP contribution in [0, 0.1) is 116 Å². The van der Waals surface area contributed by atoms with E-state index in [2.05, 4.69) is 12.1 Å². The van der Waals surface area contributed by atoms with Crippen LogP contribution in [0.1, 0.15) is 42.5 Å². The lowest BCUT2D eigenvalue weighted by atomic mass is 9.12. The Morgan fingerprint density at radius 1 is 0.423 bits per heavy atom. The standard InChI is InChI=1S/C24BF20.C23H24NO2/c26-5-1(6(27)14(35)21(42)13(5)34)25(2-7(28)15(36)22(43)16(37)8(2)29,3-9(30)17(38)23(44)18(39)10(3)31)4-11(32)19(40)24(45)20(41)12(4)33;25-23(17-24-16-6-8-18-7-4-5-11-22(18)24)19-12-14-21(15-13-19)26-20-9-2-1-3-10-20/h;4-8,11-16,20H,1-3,9-10,17H2/q-1;+1. The number of carbonyl (C=O) groups excluding carboxylic acids is 1. The molecule has 0 amide bonds. The van der Waals surface area contributed by atoms with Gasteiger partial charge < -0.3 is 4.74 Å². The third-order valence-corrected chi connectivity index (χ3v) is 11.8. The van der Waals surface area contributed by atoms with Crippen LogP contribution >= 0.6 is 0 Å². The third-order valence-electron chi connectivity index (χ3n) is 11.8. The summed E-state index contributed by atoms with van der Waals surface area (Å²) in [5.41, 5.74) is -12.5. The van der Waals surface area contributed by atoms with E-state index in [1.807, 2.05) is 59.3 Å². The Morgan fingerprint density at radius 3 is 1.11 bits per heavy atom. The highest BCUT2D eigenvalue weighted by Gasteiger charge is 2.52. The number of benzene rings is 6. The van der Waals surface area contributed by atoms with Gasteiger partial charge in [0, 0.05) is 23.1 Å². The monoisotopic (exact) mass is 1030 g/mol. The lowest BCUT2D eigenvalue weighted by Crippen LogP contribution is -2.81. The fraction of sp³-hybridized carbons (Fsp3) is 0.149. The Labute approximate surface area is 385 Å². The zero-order chi connectivity index (χ0) is 52.1. The van der Waals surface area contributed by atoms with Crippen LogP contribution in [0.4, 0.5) is 87.8 Å². The highest BCUT2D eigenvalue weighted by atomic mass is 19.2. The molecule has 1 fully saturated rings. The van der Waals surface area contributed by atoms with Crippen LogP contribution in [0.3, 0.4) is 0 Å². The number of para-hydroxylation sites is 1. The number of hydrogen-bond acceptors (Lipinski definition) is 2. The molecule has 0 atom stereocenters. The Bertz CT molecular complexity index is 2890. The molecule has 0 aliphatic heterocycles. The minimum absolute atomic E-state index is 0.107. The molecular weight excluding hydrogens is 1000 g/mol. The van der Waals surface area contributed by atoms with Gasteiger partial charge in [-0.05, 0) is 62.1 Å². The van der Waals surface area contributed by atoms with E-state index in [0.717, 1.165) is 35.1 Å². The lowest BCUT2D eigenvalue weighted by Gasteiger charge is -2.44. The van der Waals surface area contributed by atoms with Crippen LogP contribution in [-0.2, 0) is 6.54 Å². The minimum atomic E-state index is -7.22. The van der Waals surface area contributed by atoms with Crippen molar-refractivity contribution in [3.05, 3.63) is 189 Å². The van der Waals surface area contributed by atoms with Gasteiger partial charge in [-0.25, -0.2) is 87.8 Å². The third kappa shape index (κ3) is 8.67. The summed E-state index contributed by atoms with van der Waals surface area (Å²) >= 11 is 0. The predicted molar refractivity (Wildman–Crippen MR) is 212 cm³/mol. The Morgan fingerprint density at radius 2 is 0.746 bits per heavy atom. The Balaban J connectivity index is 0.000000240. The molecule has 0 bridgehead atoms. The van der Waals surface area contributed by atoms with Gasteiger partial charge >= 0.3 is 0 Å². The first-order valence-corrected chi connectivity index (χ1v) is 20.4. The van der Waals surface area contributed by atoms with Crippen molar-refractivity contribution in [3.63, 3.8) is 0 Å². The summed E-state index contributed by atoms with van der Waals surface area (Å²) in [4.78, 5) is 12.7. The van der Waals surface area contributed by atoms with Gasteiger partial charge in [-0.2, -0.15) is 4.57 Å². The number of hydrogen-bond donors (Lipinski definition) is 0. The molecule has 7 aromatic rings. The molecule has 0 radical (unpaired) electrons. The summed E-state index contributed by atoms with van der Waals surface area (Å²) in [5.74, 6) is -70.4. The number of carbonyl (C=O) groups is 1.